The first-order valence-corrected chi connectivity index (χ1v) is 9.83. The van der Waals surface area contributed by atoms with Gasteiger partial charge in [-0.3, -0.25) is 0 Å². The Bertz CT molecular complexity index is 908. The van der Waals surface area contributed by atoms with Gasteiger partial charge in [0.05, 0.1) is 6.04 Å². The van der Waals surface area contributed by atoms with Crippen LogP contribution in [-0.2, 0) is 13.0 Å². The molecule has 3 heterocycles. The maximum Gasteiger partial charge on any atom is 0.110 e. The monoisotopic (exact) mass is 353 g/mol. The molecule has 3 aromatic heterocycles. The number of aryl methyl sites for hydroxylation is 1. The highest BCUT2D eigenvalue weighted by atomic mass is 32.1. The highest BCUT2D eigenvalue weighted by molar-refractivity contribution is 7.09. The summed E-state index contributed by atoms with van der Waals surface area (Å²) in [5.74, 6) is 0. The van der Waals surface area contributed by atoms with E-state index < -0.39 is 0 Å². The summed E-state index contributed by atoms with van der Waals surface area (Å²) >= 11 is 3.46. The lowest BCUT2D eigenvalue weighted by molar-refractivity contribution is 0.524. The molecule has 0 radical (unpaired) electrons. The molecule has 0 aliphatic rings. The van der Waals surface area contributed by atoms with Crippen LogP contribution in [0.25, 0.3) is 10.9 Å². The van der Waals surface area contributed by atoms with Gasteiger partial charge in [-0.05, 0) is 47.4 Å². The van der Waals surface area contributed by atoms with Crippen molar-refractivity contribution < 1.29 is 0 Å². The molecule has 0 saturated heterocycles. The number of rotatable bonds is 6. The molecule has 4 aromatic rings. The summed E-state index contributed by atoms with van der Waals surface area (Å²) in [7, 11) is 0. The molecule has 0 unspecified atom stereocenters. The minimum Gasteiger partial charge on any atom is -0.357 e. The molecule has 1 atom stereocenters. The predicted octanol–water partition coefficient (Wildman–Crippen LogP) is 5.07. The van der Waals surface area contributed by atoms with Gasteiger partial charge in [0.15, 0.2) is 0 Å². The number of thiazole rings is 1. The average Bonchev–Trinajstić information content (AvgIpc) is 3.34. The topological polar surface area (TPSA) is 40.7 Å². The molecule has 122 valence electrons. The summed E-state index contributed by atoms with van der Waals surface area (Å²) in [6, 6.07) is 10.9. The number of hydrogen-bond acceptors (Lipinski definition) is 4. The molecule has 0 aliphatic heterocycles. The molecule has 1 aromatic carbocycles. The second-order valence-corrected chi connectivity index (χ2v) is 7.62. The maximum absolute atomic E-state index is 4.52. The second-order valence-electron chi connectivity index (χ2n) is 5.91. The SMILES string of the molecule is Cc1c(CN[C@H](Cc2ccsc2)c2nccs2)[nH]c2ccccc12. The molecule has 0 spiro atoms. The number of aromatic amines is 1. The Hall–Kier alpha value is -1.95. The zero-order valence-electron chi connectivity index (χ0n) is 13.5. The summed E-state index contributed by atoms with van der Waals surface area (Å²) in [5, 5.41) is 12.6. The fourth-order valence-corrected chi connectivity index (χ4v) is 4.43. The van der Waals surface area contributed by atoms with Crippen LogP contribution >= 0.6 is 22.7 Å². The molecule has 24 heavy (non-hydrogen) atoms. The van der Waals surface area contributed by atoms with Gasteiger partial charge in [0, 0.05) is 34.7 Å². The molecule has 0 aliphatic carbocycles. The number of fused-ring (bicyclic) bond motifs is 1. The van der Waals surface area contributed by atoms with Gasteiger partial charge in [-0.1, -0.05) is 18.2 Å². The van der Waals surface area contributed by atoms with Crippen molar-refractivity contribution in [2.24, 2.45) is 0 Å². The minimum absolute atomic E-state index is 0.241. The van der Waals surface area contributed by atoms with E-state index in [0.29, 0.717) is 0 Å². The fraction of sp³-hybridized carbons (Fsp3) is 0.211. The van der Waals surface area contributed by atoms with Gasteiger partial charge in [-0.25, -0.2) is 4.98 Å². The summed E-state index contributed by atoms with van der Waals surface area (Å²) in [4.78, 5) is 8.07. The Morgan fingerprint density at radius 1 is 1.21 bits per heavy atom. The first-order valence-electron chi connectivity index (χ1n) is 8.01. The third-order valence-electron chi connectivity index (χ3n) is 4.36. The number of nitrogens with one attached hydrogen (secondary N) is 2. The van der Waals surface area contributed by atoms with E-state index in [1.54, 1.807) is 22.7 Å². The summed E-state index contributed by atoms with van der Waals surface area (Å²) in [6.07, 6.45) is 2.85. The third-order valence-corrected chi connectivity index (χ3v) is 5.99. The van der Waals surface area contributed by atoms with Crippen LogP contribution in [0.15, 0.2) is 52.7 Å². The quantitative estimate of drug-likeness (QED) is 0.508. The van der Waals surface area contributed by atoms with Gasteiger partial charge < -0.3 is 10.3 Å². The van der Waals surface area contributed by atoms with Gasteiger partial charge in [-0.15, -0.1) is 11.3 Å². The van der Waals surface area contributed by atoms with Crippen molar-refractivity contribution >= 4 is 33.6 Å². The van der Waals surface area contributed by atoms with Crippen molar-refractivity contribution in [3.63, 3.8) is 0 Å². The molecule has 0 fully saturated rings. The Kier molecular flexibility index (Phi) is 4.47. The van der Waals surface area contributed by atoms with E-state index in [4.69, 9.17) is 0 Å². The zero-order chi connectivity index (χ0) is 16.4. The normalized spacial score (nSPS) is 12.7. The van der Waals surface area contributed by atoms with Crippen molar-refractivity contribution in [3.8, 4) is 0 Å². The Morgan fingerprint density at radius 3 is 2.88 bits per heavy atom. The van der Waals surface area contributed by atoms with E-state index in [1.165, 1.54) is 27.7 Å². The van der Waals surface area contributed by atoms with Gasteiger partial charge >= 0.3 is 0 Å². The maximum atomic E-state index is 4.52. The van der Waals surface area contributed by atoms with Crippen molar-refractivity contribution in [3.05, 3.63) is 74.5 Å². The van der Waals surface area contributed by atoms with Gasteiger partial charge in [-0.2, -0.15) is 11.3 Å². The van der Waals surface area contributed by atoms with Crippen LogP contribution in [0, 0.1) is 6.92 Å². The lowest BCUT2D eigenvalue weighted by atomic mass is 10.1. The second kappa shape index (κ2) is 6.89. The molecule has 0 saturated carbocycles. The van der Waals surface area contributed by atoms with E-state index in [9.17, 15) is 0 Å². The Labute approximate surface area is 149 Å². The molecule has 3 nitrogen and oxygen atoms in total. The lowest BCUT2D eigenvalue weighted by Crippen LogP contribution is -2.23. The van der Waals surface area contributed by atoms with Crippen LogP contribution in [0.5, 0.6) is 0 Å². The van der Waals surface area contributed by atoms with Crippen LogP contribution in [0.2, 0.25) is 0 Å². The van der Waals surface area contributed by atoms with Crippen LogP contribution in [0.1, 0.15) is 27.9 Å². The molecule has 0 amide bonds. The first kappa shape index (κ1) is 15.6. The van der Waals surface area contributed by atoms with E-state index in [0.717, 1.165) is 18.0 Å². The number of nitrogens with zero attached hydrogens (tertiary/aromatic N) is 1. The fourth-order valence-electron chi connectivity index (χ4n) is 3.04. The number of hydrogen-bond donors (Lipinski definition) is 2. The molecule has 5 heteroatoms. The van der Waals surface area contributed by atoms with E-state index in [-0.39, 0.29) is 6.04 Å². The third kappa shape index (κ3) is 3.15. The first-order chi connectivity index (χ1) is 11.8. The van der Waals surface area contributed by atoms with Crippen molar-refractivity contribution in [2.45, 2.75) is 25.9 Å². The number of benzene rings is 1. The van der Waals surface area contributed by atoms with Crippen molar-refractivity contribution in [2.75, 3.05) is 0 Å². The van der Waals surface area contributed by atoms with Gasteiger partial charge in [0.2, 0.25) is 0 Å². The smallest absolute Gasteiger partial charge is 0.110 e. The lowest BCUT2D eigenvalue weighted by Gasteiger charge is -2.16. The van der Waals surface area contributed by atoms with Crippen molar-refractivity contribution in [1.82, 2.24) is 15.3 Å². The largest absolute Gasteiger partial charge is 0.357 e. The summed E-state index contributed by atoms with van der Waals surface area (Å²) < 4.78 is 0. The number of para-hydroxylation sites is 1. The predicted molar refractivity (Wildman–Crippen MR) is 103 cm³/mol. The summed E-state index contributed by atoms with van der Waals surface area (Å²) in [6.45, 7) is 3.00. The Morgan fingerprint density at radius 2 is 2.12 bits per heavy atom. The zero-order valence-corrected chi connectivity index (χ0v) is 15.1. The van der Waals surface area contributed by atoms with Gasteiger partial charge in [0.1, 0.15) is 5.01 Å². The van der Waals surface area contributed by atoms with Crippen LogP contribution in [0.3, 0.4) is 0 Å². The molecular formula is C19H19N3S2. The van der Waals surface area contributed by atoms with Gasteiger partial charge in [0.25, 0.3) is 0 Å². The molecule has 2 N–H and O–H groups in total. The highest BCUT2D eigenvalue weighted by Gasteiger charge is 2.16. The van der Waals surface area contributed by atoms with E-state index in [2.05, 4.69) is 63.3 Å². The number of aromatic nitrogens is 2. The number of H-pyrrole nitrogens is 1. The molecular weight excluding hydrogens is 334 g/mol. The minimum atomic E-state index is 0.241. The number of thiophene rings is 1. The standard InChI is InChI=1S/C19H19N3S2/c1-13-15-4-2-3-5-16(15)22-18(13)11-21-17(19-20-7-9-24-19)10-14-6-8-23-12-14/h2-9,12,17,21-22H,10-11H2,1H3/t17-/m1/s1. The van der Waals surface area contributed by atoms with Crippen LogP contribution in [0.4, 0.5) is 0 Å². The Balaban J connectivity index is 1.55. The van der Waals surface area contributed by atoms with Crippen LogP contribution < -0.4 is 5.32 Å². The van der Waals surface area contributed by atoms with E-state index in [1.807, 2.05) is 11.6 Å². The molecule has 0 bridgehead atoms. The van der Waals surface area contributed by atoms with E-state index >= 15 is 0 Å². The molecule has 4 rings (SSSR count). The highest BCUT2D eigenvalue weighted by Crippen LogP contribution is 2.25. The van der Waals surface area contributed by atoms with Crippen molar-refractivity contribution in [1.29, 1.82) is 0 Å². The average molecular weight is 354 g/mol. The van der Waals surface area contributed by atoms with Crippen LogP contribution in [-0.4, -0.2) is 9.97 Å². The summed E-state index contributed by atoms with van der Waals surface area (Å²) in [5.41, 5.74) is 5.14.